The van der Waals surface area contributed by atoms with E-state index in [1.54, 1.807) is 0 Å². The minimum absolute atomic E-state index is 0.221. The van der Waals surface area contributed by atoms with Gasteiger partial charge < -0.3 is 14.9 Å². The summed E-state index contributed by atoms with van der Waals surface area (Å²) >= 11 is 3.64. The van der Waals surface area contributed by atoms with Gasteiger partial charge in [-0.2, -0.15) is 0 Å². The quantitative estimate of drug-likeness (QED) is 0.721. The highest BCUT2D eigenvalue weighted by atomic mass is 79.9. The summed E-state index contributed by atoms with van der Waals surface area (Å²) in [5.41, 5.74) is 0.764. The van der Waals surface area contributed by atoms with E-state index in [0.29, 0.717) is 0 Å². The molecule has 1 aromatic rings. The van der Waals surface area contributed by atoms with E-state index in [0.717, 1.165) is 42.7 Å². The summed E-state index contributed by atoms with van der Waals surface area (Å²) in [7, 11) is 0. The number of nitrogens with zero attached hydrogens (tertiary/aromatic N) is 2. The average molecular weight is 435 g/mol. The highest BCUT2D eigenvalue weighted by Crippen LogP contribution is 2.41. The minimum Gasteiger partial charge on any atom is -0.389 e. The maximum Gasteiger partial charge on any atom is 0.0728 e. The van der Waals surface area contributed by atoms with Crippen molar-refractivity contribution >= 4 is 15.9 Å². The lowest BCUT2D eigenvalue weighted by Crippen LogP contribution is -2.48. The van der Waals surface area contributed by atoms with E-state index in [4.69, 9.17) is 0 Å². The molecule has 1 N–H and O–H groups in total. The molecule has 2 saturated heterocycles. The molecule has 3 aliphatic rings. The van der Waals surface area contributed by atoms with Crippen molar-refractivity contribution < 1.29 is 5.11 Å². The van der Waals surface area contributed by atoms with E-state index < -0.39 is 5.60 Å². The van der Waals surface area contributed by atoms with E-state index in [2.05, 4.69) is 50.0 Å². The van der Waals surface area contributed by atoms with Gasteiger partial charge in [0.05, 0.1) is 5.60 Å². The number of rotatable bonds is 5. The summed E-state index contributed by atoms with van der Waals surface area (Å²) in [6, 6.07) is 9.46. The van der Waals surface area contributed by atoms with Gasteiger partial charge in [-0.3, -0.25) is 0 Å². The molecule has 1 aromatic carbocycles. The Balaban J connectivity index is 1.45. The van der Waals surface area contributed by atoms with E-state index in [1.165, 1.54) is 63.8 Å². The Morgan fingerprint density at radius 3 is 2.37 bits per heavy atom. The van der Waals surface area contributed by atoms with Crippen LogP contribution in [-0.4, -0.2) is 59.3 Å². The average Bonchev–Trinajstić information content (AvgIpc) is 3.22. The van der Waals surface area contributed by atoms with Crippen molar-refractivity contribution in [2.45, 2.75) is 75.3 Å². The Labute approximate surface area is 173 Å². The molecule has 0 radical (unpaired) electrons. The first kappa shape index (κ1) is 19.9. The summed E-state index contributed by atoms with van der Waals surface area (Å²) in [6.07, 6.45) is 10.9. The fourth-order valence-corrected chi connectivity index (χ4v) is 6.07. The Kier molecular flexibility index (Phi) is 6.58. The molecule has 150 valence electrons. The molecule has 27 heavy (non-hydrogen) atoms. The maximum absolute atomic E-state index is 11.6. The second kappa shape index (κ2) is 8.94. The van der Waals surface area contributed by atoms with Crippen LogP contribution in [-0.2, 0) is 0 Å². The van der Waals surface area contributed by atoms with Gasteiger partial charge >= 0.3 is 0 Å². The number of hydrogen-bond donors (Lipinski definition) is 1. The SMILES string of the molecule is OC1(C(CN2CCC(N3CCCC3)CC2)c2cccc(Br)c2)CCCCC1. The molecular weight excluding hydrogens is 400 g/mol. The van der Waals surface area contributed by atoms with Crippen molar-refractivity contribution in [2.75, 3.05) is 32.7 Å². The molecule has 1 atom stereocenters. The fraction of sp³-hybridized carbons (Fsp3) is 0.739. The highest BCUT2D eigenvalue weighted by molar-refractivity contribution is 9.10. The lowest BCUT2D eigenvalue weighted by molar-refractivity contribution is -0.0338. The van der Waals surface area contributed by atoms with Gasteiger partial charge in [-0.15, -0.1) is 0 Å². The molecule has 3 nitrogen and oxygen atoms in total. The van der Waals surface area contributed by atoms with Crippen LogP contribution in [0.15, 0.2) is 28.7 Å². The number of likely N-dealkylation sites (tertiary alicyclic amines) is 2. The maximum atomic E-state index is 11.6. The second-order valence-corrected chi connectivity index (χ2v) is 9.96. The van der Waals surface area contributed by atoms with Crippen LogP contribution in [0.2, 0.25) is 0 Å². The van der Waals surface area contributed by atoms with Gasteiger partial charge in [0.1, 0.15) is 0 Å². The molecule has 1 aliphatic carbocycles. The van der Waals surface area contributed by atoms with Crippen LogP contribution >= 0.6 is 15.9 Å². The number of hydrogen-bond acceptors (Lipinski definition) is 3. The molecule has 2 aliphatic heterocycles. The fourth-order valence-electron chi connectivity index (χ4n) is 5.65. The first-order chi connectivity index (χ1) is 13.1. The third-order valence-electron chi connectivity index (χ3n) is 7.27. The van der Waals surface area contributed by atoms with E-state index >= 15 is 0 Å². The largest absolute Gasteiger partial charge is 0.389 e. The standard InChI is InChI=1S/C23H35BrN2O/c24-20-8-6-7-19(17-20)22(23(27)11-2-1-3-12-23)18-25-15-9-21(10-16-25)26-13-4-5-14-26/h6-8,17,21-22,27H,1-5,9-16,18H2. The molecule has 4 rings (SSSR count). The number of halogens is 1. The highest BCUT2D eigenvalue weighted by Gasteiger charge is 2.40. The van der Waals surface area contributed by atoms with Crippen LogP contribution in [0.5, 0.6) is 0 Å². The zero-order chi connectivity index (χ0) is 18.7. The molecule has 1 saturated carbocycles. The van der Waals surface area contributed by atoms with Crippen LogP contribution in [0.3, 0.4) is 0 Å². The van der Waals surface area contributed by atoms with Gasteiger partial charge in [0.25, 0.3) is 0 Å². The third kappa shape index (κ3) is 4.77. The Bertz CT molecular complexity index is 602. The van der Waals surface area contributed by atoms with Gasteiger partial charge in [0.2, 0.25) is 0 Å². The van der Waals surface area contributed by atoms with Crippen LogP contribution in [0, 0.1) is 0 Å². The van der Waals surface area contributed by atoms with Crippen LogP contribution in [0.25, 0.3) is 0 Å². The number of piperidine rings is 1. The van der Waals surface area contributed by atoms with E-state index in [-0.39, 0.29) is 5.92 Å². The van der Waals surface area contributed by atoms with Crippen molar-refractivity contribution in [3.63, 3.8) is 0 Å². The van der Waals surface area contributed by atoms with Gasteiger partial charge in [0, 0.05) is 23.0 Å². The first-order valence-corrected chi connectivity index (χ1v) is 11.9. The Morgan fingerprint density at radius 1 is 1.00 bits per heavy atom. The molecule has 1 unspecified atom stereocenters. The molecule has 4 heteroatoms. The molecular formula is C23H35BrN2O. The van der Waals surface area contributed by atoms with Gasteiger partial charge in [0.15, 0.2) is 0 Å². The minimum atomic E-state index is -0.537. The van der Waals surface area contributed by atoms with Crippen molar-refractivity contribution in [2.24, 2.45) is 0 Å². The number of aliphatic hydroxyl groups is 1. The van der Waals surface area contributed by atoms with Crippen molar-refractivity contribution in [3.05, 3.63) is 34.3 Å². The van der Waals surface area contributed by atoms with Crippen LogP contribution < -0.4 is 0 Å². The first-order valence-electron chi connectivity index (χ1n) is 11.1. The van der Waals surface area contributed by atoms with Gasteiger partial charge in [-0.1, -0.05) is 47.3 Å². The zero-order valence-corrected chi connectivity index (χ0v) is 18.2. The van der Waals surface area contributed by atoms with E-state index in [1.807, 2.05) is 0 Å². The summed E-state index contributed by atoms with van der Waals surface area (Å²) in [5, 5.41) is 11.6. The van der Waals surface area contributed by atoms with Crippen molar-refractivity contribution in [3.8, 4) is 0 Å². The van der Waals surface area contributed by atoms with Crippen molar-refractivity contribution in [1.29, 1.82) is 0 Å². The normalized spacial score (nSPS) is 26.3. The Morgan fingerprint density at radius 2 is 1.70 bits per heavy atom. The monoisotopic (exact) mass is 434 g/mol. The predicted octanol–water partition coefficient (Wildman–Crippen LogP) is 4.79. The molecule has 2 heterocycles. The second-order valence-electron chi connectivity index (χ2n) is 9.05. The van der Waals surface area contributed by atoms with Crippen LogP contribution in [0.4, 0.5) is 0 Å². The van der Waals surface area contributed by atoms with Gasteiger partial charge in [-0.25, -0.2) is 0 Å². The lowest BCUT2D eigenvalue weighted by atomic mass is 9.72. The van der Waals surface area contributed by atoms with Crippen molar-refractivity contribution in [1.82, 2.24) is 9.80 Å². The Hall–Kier alpha value is -0.420. The molecule has 0 aromatic heterocycles. The summed E-state index contributed by atoms with van der Waals surface area (Å²) < 4.78 is 1.12. The lowest BCUT2D eigenvalue weighted by Gasteiger charge is -2.44. The smallest absolute Gasteiger partial charge is 0.0728 e. The molecule has 0 amide bonds. The topological polar surface area (TPSA) is 26.7 Å². The molecule has 0 spiro atoms. The third-order valence-corrected chi connectivity index (χ3v) is 7.77. The number of benzene rings is 1. The van der Waals surface area contributed by atoms with Gasteiger partial charge in [-0.05, 0) is 82.4 Å². The zero-order valence-electron chi connectivity index (χ0n) is 16.6. The molecule has 3 fully saturated rings. The van der Waals surface area contributed by atoms with Crippen LogP contribution in [0.1, 0.15) is 69.3 Å². The molecule has 0 bridgehead atoms. The summed E-state index contributed by atoms with van der Waals surface area (Å²) in [4.78, 5) is 5.35. The summed E-state index contributed by atoms with van der Waals surface area (Å²) in [6.45, 7) is 5.99. The van der Waals surface area contributed by atoms with E-state index in [9.17, 15) is 5.11 Å². The predicted molar refractivity (Wildman–Crippen MR) is 115 cm³/mol. The summed E-state index contributed by atoms with van der Waals surface area (Å²) in [5.74, 6) is 0.221.